The summed E-state index contributed by atoms with van der Waals surface area (Å²) in [6, 6.07) is 6.26. The van der Waals surface area contributed by atoms with Gasteiger partial charge in [0.1, 0.15) is 6.07 Å². The first-order valence-electron chi connectivity index (χ1n) is 5.14. The Morgan fingerprint density at radius 2 is 1.94 bits per heavy atom. The molecule has 0 unspecified atom stereocenters. The average Bonchev–Trinajstić information content (AvgIpc) is 2.13. The summed E-state index contributed by atoms with van der Waals surface area (Å²) in [5.41, 5.74) is -0.252. The second-order valence-electron chi connectivity index (χ2n) is 4.76. The van der Waals surface area contributed by atoms with Crippen molar-refractivity contribution in [3.63, 3.8) is 0 Å². The summed E-state index contributed by atoms with van der Waals surface area (Å²) in [5, 5.41) is 9.24. The number of hydrogen-bond acceptors (Lipinski definition) is 3. The molecule has 1 aromatic carbocycles. The van der Waals surface area contributed by atoms with E-state index in [2.05, 4.69) is 9.44 Å². The van der Waals surface area contributed by atoms with Crippen molar-refractivity contribution < 1.29 is 8.42 Å². The third kappa shape index (κ3) is 4.53. The normalized spacial score (nSPS) is 11.9. The van der Waals surface area contributed by atoms with E-state index in [0.29, 0.717) is 5.02 Å². The molecule has 98 valence electrons. The van der Waals surface area contributed by atoms with Gasteiger partial charge in [-0.15, -0.1) is 0 Å². The predicted molar refractivity (Wildman–Crippen MR) is 71.6 cm³/mol. The summed E-state index contributed by atoms with van der Waals surface area (Å²) in [5.74, 6) is 0. The Morgan fingerprint density at radius 3 is 2.44 bits per heavy atom. The number of nitrogens with zero attached hydrogens (tertiary/aromatic N) is 1. The Bertz CT molecular complexity index is 585. The van der Waals surface area contributed by atoms with Crippen LogP contribution in [-0.4, -0.2) is 14.0 Å². The molecule has 7 heteroatoms. The van der Waals surface area contributed by atoms with Gasteiger partial charge >= 0.3 is 0 Å². The molecule has 0 spiro atoms. The third-order valence-electron chi connectivity index (χ3n) is 1.79. The van der Waals surface area contributed by atoms with Crippen LogP contribution in [0.2, 0.25) is 5.02 Å². The lowest BCUT2D eigenvalue weighted by Gasteiger charge is -2.21. The van der Waals surface area contributed by atoms with Crippen molar-refractivity contribution in [3.8, 4) is 6.07 Å². The van der Waals surface area contributed by atoms with Crippen LogP contribution >= 0.6 is 11.6 Å². The average molecular weight is 288 g/mol. The minimum atomic E-state index is -3.75. The van der Waals surface area contributed by atoms with Gasteiger partial charge in [0.05, 0.1) is 11.3 Å². The summed E-state index contributed by atoms with van der Waals surface area (Å²) in [7, 11) is -3.75. The SMILES string of the molecule is CC(C)(C)NS(=O)(=O)Nc1cc(Cl)ccc1C#N. The zero-order valence-electron chi connectivity index (χ0n) is 10.3. The minimum absolute atomic E-state index is 0.154. The third-order valence-corrected chi connectivity index (χ3v) is 3.39. The van der Waals surface area contributed by atoms with Gasteiger partial charge in [0.25, 0.3) is 10.2 Å². The van der Waals surface area contributed by atoms with E-state index in [0.717, 1.165) is 0 Å². The molecule has 0 aliphatic carbocycles. The zero-order valence-corrected chi connectivity index (χ0v) is 11.9. The lowest BCUT2D eigenvalue weighted by atomic mass is 10.1. The molecular formula is C11H14ClN3O2S. The molecule has 18 heavy (non-hydrogen) atoms. The molecule has 0 heterocycles. The number of rotatable bonds is 3. The molecule has 0 aromatic heterocycles. The van der Waals surface area contributed by atoms with Gasteiger partial charge in [-0.25, -0.2) is 0 Å². The van der Waals surface area contributed by atoms with Crippen molar-refractivity contribution >= 4 is 27.5 Å². The van der Waals surface area contributed by atoms with Gasteiger partial charge in [-0.05, 0) is 39.0 Å². The van der Waals surface area contributed by atoms with E-state index in [1.165, 1.54) is 18.2 Å². The highest BCUT2D eigenvalue weighted by Crippen LogP contribution is 2.21. The van der Waals surface area contributed by atoms with Crippen molar-refractivity contribution in [1.29, 1.82) is 5.26 Å². The number of halogens is 1. The van der Waals surface area contributed by atoms with Gasteiger partial charge < -0.3 is 0 Å². The topological polar surface area (TPSA) is 82.0 Å². The summed E-state index contributed by atoms with van der Waals surface area (Å²) >= 11 is 5.77. The maximum absolute atomic E-state index is 11.8. The molecule has 5 nitrogen and oxygen atoms in total. The minimum Gasteiger partial charge on any atom is -0.270 e. The van der Waals surface area contributed by atoms with Gasteiger partial charge in [0.15, 0.2) is 0 Å². The lowest BCUT2D eigenvalue weighted by molar-refractivity contribution is 0.494. The molecule has 1 rings (SSSR count). The Hall–Kier alpha value is -1.29. The van der Waals surface area contributed by atoms with Crippen LogP contribution < -0.4 is 9.44 Å². The molecule has 1 aromatic rings. The Labute approximate surface area is 112 Å². The van der Waals surface area contributed by atoms with Crippen molar-refractivity contribution in [2.24, 2.45) is 0 Å². The van der Waals surface area contributed by atoms with Crippen LogP contribution in [0.3, 0.4) is 0 Å². The maximum Gasteiger partial charge on any atom is 0.299 e. The van der Waals surface area contributed by atoms with Crippen molar-refractivity contribution in [1.82, 2.24) is 4.72 Å². The molecular weight excluding hydrogens is 274 g/mol. The number of nitrogens with one attached hydrogen (secondary N) is 2. The highest BCUT2D eigenvalue weighted by Gasteiger charge is 2.20. The zero-order chi connectivity index (χ0) is 14.0. The van der Waals surface area contributed by atoms with E-state index in [1.807, 2.05) is 6.07 Å². The molecule has 0 aliphatic heterocycles. The Morgan fingerprint density at radius 1 is 1.33 bits per heavy atom. The fourth-order valence-electron chi connectivity index (χ4n) is 1.27. The van der Waals surface area contributed by atoms with Gasteiger partial charge in [-0.3, -0.25) is 4.72 Å². The molecule has 0 atom stereocenters. The highest BCUT2D eigenvalue weighted by atomic mass is 35.5. The van der Waals surface area contributed by atoms with Crippen molar-refractivity contribution in [2.45, 2.75) is 26.3 Å². The summed E-state index contributed by atoms with van der Waals surface area (Å²) in [4.78, 5) is 0. The first-order chi connectivity index (χ1) is 8.13. The first-order valence-corrected chi connectivity index (χ1v) is 7.00. The van der Waals surface area contributed by atoms with Gasteiger partial charge in [0, 0.05) is 10.6 Å². The summed E-state index contributed by atoms with van der Waals surface area (Å²) in [6.45, 7) is 5.15. The van der Waals surface area contributed by atoms with Gasteiger partial charge in [-0.1, -0.05) is 11.6 Å². The molecule has 0 fully saturated rings. The molecule has 0 saturated heterocycles. The number of nitriles is 1. The van der Waals surface area contributed by atoms with Crippen LogP contribution in [0.1, 0.15) is 26.3 Å². The van der Waals surface area contributed by atoms with E-state index in [4.69, 9.17) is 16.9 Å². The molecule has 0 amide bonds. The largest absolute Gasteiger partial charge is 0.299 e. The molecule has 0 radical (unpaired) electrons. The van der Waals surface area contributed by atoms with E-state index >= 15 is 0 Å². The molecule has 0 aliphatic rings. The van der Waals surface area contributed by atoms with E-state index < -0.39 is 15.7 Å². The fraction of sp³-hybridized carbons (Fsp3) is 0.364. The summed E-state index contributed by atoms with van der Waals surface area (Å²) < 4.78 is 28.4. The van der Waals surface area contributed by atoms with Crippen LogP contribution in [-0.2, 0) is 10.2 Å². The fourth-order valence-corrected chi connectivity index (χ4v) is 2.76. The van der Waals surface area contributed by atoms with E-state index in [9.17, 15) is 8.42 Å². The van der Waals surface area contributed by atoms with Crippen molar-refractivity contribution in [2.75, 3.05) is 4.72 Å². The molecule has 0 bridgehead atoms. The second-order valence-corrected chi connectivity index (χ2v) is 6.61. The smallest absolute Gasteiger partial charge is 0.270 e. The van der Waals surface area contributed by atoms with Crippen LogP contribution in [0.5, 0.6) is 0 Å². The van der Waals surface area contributed by atoms with Crippen molar-refractivity contribution in [3.05, 3.63) is 28.8 Å². The highest BCUT2D eigenvalue weighted by molar-refractivity contribution is 7.90. The van der Waals surface area contributed by atoms with Gasteiger partial charge in [-0.2, -0.15) is 18.4 Å². The number of anilines is 1. The quantitative estimate of drug-likeness (QED) is 0.894. The first kappa shape index (κ1) is 14.8. The van der Waals surface area contributed by atoms with Gasteiger partial charge in [0.2, 0.25) is 0 Å². The number of hydrogen-bond donors (Lipinski definition) is 2. The van der Waals surface area contributed by atoms with Crippen LogP contribution in [0.4, 0.5) is 5.69 Å². The van der Waals surface area contributed by atoms with Crippen LogP contribution in [0, 0.1) is 11.3 Å². The van der Waals surface area contributed by atoms with E-state index in [-0.39, 0.29) is 11.3 Å². The van der Waals surface area contributed by atoms with Crippen LogP contribution in [0.25, 0.3) is 0 Å². The number of benzene rings is 1. The van der Waals surface area contributed by atoms with Crippen LogP contribution in [0.15, 0.2) is 18.2 Å². The predicted octanol–water partition coefficient (Wildman–Crippen LogP) is 2.26. The monoisotopic (exact) mass is 287 g/mol. The Kier molecular flexibility index (Phi) is 4.22. The standard InChI is InChI=1S/C11H14ClN3O2S/c1-11(2,3)15-18(16,17)14-10-6-9(12)5-4-8(10)7-13/h4-6,14-15H,1-3H3. The summed E-state index contributed by atoms with van der Waals surface area (Å²) in [6.07, 6.45) is 0. The second kappa shape index (κ2) is 5.14. The maximum atomic E-state index is 11.8. The molecule has 0 saturated carbocycles. The lowest BCUT2D eigenvalue weighted by Crippen LogP contribution is -2.43. The van der Waals surface area contributed by atoms with E-state index in [1.54, 1.807) is 20.8 Å². The Balaban J connectivity index is 3.05. The molecule has 2 N–H and O–H groups in total.